The summed E-state index contributed by atoms with van der Waals surface area (Å²) in [7, 11) is 0. The van der Waals surface area contributed by atoms with E-state index in [9.17, 15) is 23.2 Å². The average molecular weight is 432 g/mol. The van der Waals surface area contributed by atoms with Crippen molar-refractivity contribution in [2.75, 3.05) is 6.61 Å². The number of fused-ring (bicyclic) bond motifs is 1. The number of imidazole rings is 1. The standard InChI is InChI=1S/C21H22F2N4O4/c1-2-31-17(28)11-25-12-24-19-18(25)20(29)27(13-6-4-3-5-7-13)21(30)26(19)14-8-9-15(22)16(23)10-14/h8-10,12-13H,2-7,11H2,1H3. The summed E-state index contributed by atoms with van der Waals surface area (Å²) >= 11 is 0. The number of ether oxygens (including phenoxy) is 1. The van der Waals surface area contributed by atoms with Crippen LogP contribution in [-0.2, 0) is 16.1 Å². The number of aromatic nitrogens is 4. The Bertz CT molecular complexity index is 1250. The molecule has 31 heavy (non-hydrogen) atoms. The maximum absolute atomic E-state index is 13.9. The van der Waals surface area contributed by atoms with Crippen LogP contribution >= 0.6 is 0 Å². The van der Waals surface area contributed by atoms with E-state index >= 15 is 0 Å². The molecule has 0 atom stereocenters. The molecule has 1 aliphatic rings. The summed E-state index contributed by atoms with van der Waals surface area (Å²) in [5, 5.41) is 0. The molecule has 1 fully saturated rings. The molecule has 0 amide bonds. The molecule has 0 aliphatic heterocycles. The summed E-state index contributed by atoms with van der Waals surface area (Å²) in [6, 6.07) is 2.73. The first-order valence-corrected chi connectivity index (χ1v) is 10.3. The quantitative estimate of drug-likeness (QED) is 0.579. The first-order chi connectivity index (χ1) is 14.9. The molecule has 0 saturated heterocycles. The first kappa shape index (κ1) is 21.0. The van der Waals surface area contributed by atoms with Gasteiger partial charge in [-0.05, 0) is 31.9 Å². The summed E-state index contributed by atoms with van der Waals surface area (Å²) in [5.74, 6) is -2.74. The van der Waals surface area contributed by atoms with E-state index in [-0.39, 0.29) is 36.0 Å². The van der Waals surface area contributed by atoms with Crippen LogP contribution in [0.4, 0.5) is 8.78 Å². The molecule has 2 heterocycles. The fourth-order valence-electron chi connectivity index (χ4n) is 4.14. The molecule has 0 unspecified atom stereocenters. The van der Waals surface area contributed by atoms with E-state index in [1.54, 1.807) is 6.92 Å². The number of esters is 1. The van der Waals surface area contributed by atoms with Gasteiger partial charge >= 0.3 is 11.7 Å². The van der Waals surface area contributed by atoms with Crippen LogP contribution in [0.5, 0.6) is 0 Å². The Morgan fingerprint density at radius 2 is 1.90 bits per heavy atom. The smallest absolute Gasteiger partial charge is 0.337 e. The lowest BCUT2D eigenvalue weighted by molar-refractivity contribution is -0.143. The Labute approximate surface area is 175 Å². The molecule has 1 aliphatic carbocycles. The Kier molecular flexibility index (Phi) is 5.71. The molecule has 4 rings (SSSR count). The van der Waals surface area contributed by atoms with Gasteiger partial charge in [0, 0.05) is 12.1 Å². The van der Waals surface area contributed by atoms with E-state index in [1.807, 2.05) is 0 Å². The van der Waals surface area contributed by atoms with Crippen LogP contribution in [-0.4, -0.2) is 31.3 Å². The van der Waals surface area contributed by atoms with Gasteiger partial charge in [-0.2, -0.15) is 0 Å². The number of hydrogen-bond acceptors (Lipinski definition) is 5. The van der Waals surface area contributed by atoms with Gasteiger partial charge in [-0.15, -0.1) is 0 Å². The average Bonchev–Trinajstić information content (AvgIpc) is 3.15. The molecule has 8 nitrogen and oxygen atoms in total. The lowest BCUT2D eigenvalue weighted by Gasteiger charge is -2.24. The highest BCUT2D eigenvalue weighted by Crippen LogP contribution is 2.27. The minimum atomic E-state index is -1.13. The summed E-state index contributed by atoms with van der Waals surface area (Å²) < 4.78 is 36.0. The molecule has 0 spiro atoms. The van der Waals surface area contributed by atoms with E-state index < -0.39 is 28.9 Å². The number of carbonyl (C=O) groups excluding carboxylic acids is 1. The van der Waals surface area contributed by atoms with Crippen molar-refractivity contribution < 1.29 is 18.3 Å². The third kappa shape index (κ3) is 3.77. The lowest BCUT2D eigenvalue weighted by Crippen LogP contribution is -2.43. The van der Waals surface area contributed by atoms with Crippen molar-refractivity contribution in [3.8, 4) is 5.69 Å². The van der Waals surface area contributed by atoms with Gasteiger partial charge < -0.3 is 9.30 Å². The highest BCUT2D eigenvalue weighted by molar-refractivity contribution is 5.76. The van der Waals surface area contributed by atoms with Crippen LogP contribution in [0.2, 0.25) is 0 Å². The molecule has 0 radical (unpaired) electrons. The Morgan fingerprint density at radius 3 is 2.58 bits per heavy atom. The molecule has 1 saturated carbocycles. The van der Waals surface area contributed by atoms with Gasteiger partial charge in [-0.3, -0.25) is 14.2 Å². The molecular weight excluding hydrogens is 410 g/mol. The van der Waals surface area contributed by atoms with Gasteiger partial charge in [-0.25, -0.2) is 23.1 Å². The topological polar surface area (TPSA) is 88.1 Å². The van der Waals surface area contributed by atoms with Gasteiger partial charge in [0.15, 0.2) is 22.8 Å². The zero-order valence-corrected chi connectivity index (χ0v) is 17.0. The van der Waals surface area contributed by atoms with E-state index in [1.165, 1.54) is 17.0 Å². The van der Waals surface area contributed by atoms with Crippen LogP contribution in [0.25, 0.3) is 16.9 Å². The number of benzene rings is 1. The predicted octanol–water partition coefficient (Wildman–Crippen LogP) is 2.70. The summed E-state index contributed by atoms with van der Waals surface area (Å²) in [6.07, 6.45) is 5.36. The normalized spacial score (nSPS) is 14.8. The maximum Gasteiger partial charge on any atom is 0.337 e. The minimum absolute atomic E-state index is 0.0302. The zero-order valence-electron chi connectivity index (χ0n) is 17.0. The van der Waals surface area contributed by atoms with E-state index in [0.29, 0.717) is 12.8 Å². The van der Waals surface area contributed by atoms with Gasteiger partial charge in [0.1, 0.15) is 6.54 Å². The Morgan fingerprint density at radius 1 is 1.16 bits per heavy atom. The van der Waals surface area contributed by atoms with Crippen molar-refractivity contribution >= 4 is 17.1 Å². The summed E-state index contributed by atoms with van der Waals surface area (Å²) in [5.41, 5.74) is -1.19. The second-order valence-electron chi connectivity index (χ2n) is 7.53. The zero-order chi connectivity index (χ0) is 22.1. The molecule has 164 valence electrons. The van der Waals surface area contributed by atoms with E-state index in [4.69, 9.17) is 4.74 Å². The number of nitrogens with zero attached hydrogens (tertiary/aromatic N) is 4. The molecular formula is C21H22F2N4O4. The van der Waals surface area contributed by atoms with E-state index in [0.717, 1.165) is 40.5 Å². The van der Waals surface area contributed by atoms with Crippen LogP contribution < -0.4 is 11.2 Å². The monoisotopic (exact) mass is 432 g/mol. The van der Waals surface area contributed by atoms with Crippen LogP contribution in [0, 0.1) is 11.6 Å². The first-order valence-electron chi connectivity index (χ1n) is 10.3. The van der Waals surface area contributed by atoms with E-state index in [2.05, 4.69) is 4.98 Å². The Hall–Kier alpha value is -3.30. The third-order valence-corrected chi connectivity index (χ3v) is 5.55. The molecule has 0 bridgehead atoms. The highest BCUT2D eigenvalue weighted by Gasteiger charge is 2.26. The van der Waals surface area contributed by atoms with Crippen molar-refractivity contribution in [2.45, 2.75) is 51.6 Å². The maximum atomic E-state index is 13.9. The van der Waals surface area contributed by atoms with Crippen molar-refractivity contribution in [1.82, 2.24) is 18.7 Å². The van der Waals surface area contributed by atoms with Gasteiger partial charge in [0.05, 0.1) is 18.6 Å². The predicted molar refractivity (Wildman–Crippen MR) is 108 cm³/mol. The molecule has 3 aromatic rings. The number of rotatable bonds is 5. The summed E-state index contributed by atoms with van der Waals surface area (Å²) in [4.78, 5) is 43.0. The van der Waals surface area contributed by atoms with Gasteiger partial charge in [0.2, 0.25) is 0 Å². The third-order valence-electron chi connectivity index (χ3n) is 5.55. The van der Waals surface area contributed by atoms with Crippen molar-refractivity contribution in [3.05, 3.63) is 57.0 Å². The van der Waals surface area contributed by atoms with Gasteiger partial charge in [0.25, 0.3) is 5.56 Å². The summed E-state index contributed by atoms with van der Waals surface area (Å²) in [6.45, 7) is 1.58. The number of hydrogen-bond donors (Lipinski definition) is 0. The Balaban J connectivity index is 2.00. The molecule has 0 N–H and O–H groups in total. The SMILES string of the molecule is CCOC(=O)Cn1cnc2c1c(=O)n(C1CCCCC1)c(=O)n2-c1ccc(F)c(F)c1. The second-order valence-corrected chi connectivity index (χ2v) is 7.53. The van der Waals surface area contributed by atoms with Crippen molar-refractivity contribution in [1.29, 1.82) is 0 Å². The minimum Gasteiger partial charge on any atom is -0.465 e. The van der Waals surface area contributed by atoms with Crippen LogP contribution in [0.15, 0.2) is 34.1 Å². The fourth-order valence-corrected chi connectivity index (χ4v) is 4.14. The lowest BCUT2D eigenvalue weighted by atomic mass is 9.95. The largest absolute Gasteiger partial charge is 0.465 e. The molecule has 2 aromatic heterocycles. The van der Waals surface area contributed by atoms with Crippen LogP contribution in [0.3, 0.4) is 0 Å². The van der Waals surface area contributed by atoms with Crippen molar-refractivity contribution in [2.24, 2.45) is 0 Å². The number of carbonyl (C=O) groups is 1. The fraction of sp³-hybridized carbons (Fsp3) is 0.429. The molecule has 1 aromatic carbocycles. The van der Waals surface area contributed by atoms with Gasteiger partial charge in [-0.1, -0.05) is 19.3 Å². The van der Waals surface area contributed by atoms with Crippen LogP contribution in [0.1, 0.15) is 45.1 Å². The highest BCUT2D eigenvalue weighted by atomic mass is 19.2. The second kappa shape index (κ2) is 8.44. The molecule has 10 heteroatoms. The number of halogens is 2. The van der Waals surface area contributed by atoms with Crippen molar-refractivity contribution in [3.63, 3.8) is 0 Å².